The molecule has 2 aromatic heterocycles. The highest BCUT2D eigenvalue weighted by molar-refractivity contribution is 7.99. The SMILES string of the molecule is Cc1cccc(-n2c(SCC(=O)NC(C)C)nnc2-c2c[nH]c3ccccc23)c1. The van der Waals surface area contributed by atoms with Crippen LogP contribution in [-0.2, 0) is 4.79 Å². The number of carbonyl (C=O) groups excluding carboxylic acids is 1. The highest BCUT2D eigenvalue weighted by Gasteiger charge is 2.19. The molecular formula is C22H23N5OS. The van der Waals surface area contributed by atoms with E-state index in [0.29, 0.717) is 5.16 Å². The van der Waals surface area contributed by atoms with Crippen molar-refractivity contribution in [2.24, 2.45) is 0 Å². The van der Waals surface area contributed by atoms with Crippen LogP contribution in [-0.4, -0.2) is 37.5 Å². The minimum absolute atomic E-state index is 0.0163. The van der Waals surface area contributed by atoms with Gasteiger partial charge in [0.1, 0.15) is 0 Å². The molecule has 0 aliphatic rings. The number of aryl methyl sites for hydroxylation is 1. The quantitative estimate of drug-likeness (QED) is 0.468. The van der Waals surface area contributed by atoms with Gasteiger partial charge in [-0.3, -0.25) is 9.36 Å². The summed E-state index contributed by atoms with van der Waals surface area (Å²) in [4.78, 5) is 15.5. The summed E-state index contributed by atoms with van der Waals surface area (Å²) in [5.74, 6) is 1.02. The first-order chi connectivity index (χ1) is 14.0. The summed E-state index contributed by atoms with van der Waals surface area (Å²) in [5.41, 5.74) is 4.15. The van der Waals surface area contributed by atoms with Crippen molar-refractivity contribution in [3.63, 3.8) is 0 Å². The lowest BCUT2D eigenvalue weighted by atomic mass is 10.1. The van der Waals surface area contributed by atoms with Gasteiger partial charge in [-0.15, -0.1) is 10.2 Å². The van der Waals surface area contributed by atoms with E-state index >= 15 is 0 Å². The zero-order chi connectivity index (χ0) is 20.4. The molecular weight excluding hydrogens is 382 g/mol. The molecule has 0 saturated carbocycles. The average Bonchev–Trinajstić information content (AvgIpc) is 3.29. The van der Waals surface area contributed by atoms with Gasteiger partial charge in [0.05, 0.1) is 5.75 Å². The van der Waals surface area contributed by atoms with Crippen molar-refractivity contribution in [3.8, 4) is 17.1 Å². The Morgan fingerprint density at radius 2 is 2.00 bits per heavy atom. The smallest absolute Gasteiger partial charge is 0.230 e. The van der Waals surface area contributed by atoms with E-state index in [9.17, 15) is 4.79 Å². The number of aromatic amines is 1. The third-order valence-corrected chi connectivity index (χ3v) is 5.43. The average molecular weight is 406 g/mol. The molecule has 0 aliphatic heterocycles. The van der Waals surface area contributed by atoms with Gasteiger partial charge in [0.2, 0.25) is 5.91 Å². The van der Waals surface area contributed by atoms with E-state index in [1.165, 1.54) is 11.8 Å². The monoisotopic (exact) mass is 405 g/mol. The molecule has 0 unspecified atom stereocenters. The lowest BCUT2D eigenvalue weighted by molar-refractivity contribution is -0.119. The van der Waals surface area contributed by atoms with Crippen molar-refractivity contribution in [3.05, 3.63) is 60.3 Å². The van der Waals surface area contributed by atoms with Crippen LogP contribution in [0.15, 0.2) is 59.9 Å². The van der Waals surface area contributed by atoms with Crippen LogP contribution in [0.1, 0.15) is 19.4 Å². The van der Waals surface area contributed by atoms with Crippen molar-refractivity contribution < 1.29 is 4.79 Å². The van der Waals surface area contributed by atoms with Crippen LogP contribution in [0.3, 0.4) is 0 Å². The number of carbonyl (C=O) groups is 1. The molecule has 0 fully saturated rings. The van der Waals surface area contributed by atoms with Crippen molar-refractivity contribution >= 4 is 28.6 Å². The minimum Gasteiger partial charge on any atom is -0.360 e. The fourth-order valence-corrected chi connectivity index (χ4v) is 4.05. The molecule has 2 heterocycles. The Balaban J connectivity index is 1.78. The minimum atomic E-state index is -0.0163. The summed E-state index contributed by atoms with van der Waals surface area (Å²) < 4.78 is 2.02. The lowest BCUT2D eigenvalue weighted by Crippen LogP contribution is -2.31. The molecule has 1 amide bonds. The molecule has 7 heteroatoms. The Bertz CT molecular complexity index is 1160. The third-order valence-electron chi connectivity index (χ3n) is 4.51. The summed E-state index contributed by atoms with van der Waals surface area (Å²) >= 11 is 1.39. The van der Waals surface area contributed by atoms with Crippen LogP contribution in [0.5, 0.6) is 0 Å². The van der Waals surface area contributed by atoms with E-state index in [1.54, 1.807) is 0 Å². The molecule has 0 spiro atoms. The first-order valence-corrected chi connectivity index (χ1v) is 10.5. The van der Waals surface area contributed by atoms with Gasteiger partial charge < -0.3 is 10.3 Å². The van der Waals surface area contributed by atoms with E-state index in [0.717, 1.165) is 33.5 Å². The van der Waals surface area contributed by atoms with Crippen LogP contribution < -0.4 is 5.32 Å². The number of amides is 1. The summed E-state index contributed by atoms with van der Waals surface area (Å²) in [6.07, 6.45) is 1.96. The predicted octanol–water partition coefficient (Wildman–Crippen LogP) is 4.34. The van der Waals surface area contributed by atoms with E-state index in [4.69, 9.17) is 0 Å². The van der Waals surface area contributed by atoms with Gasteiger partial charge in [0.15, 0.2) is 11.0 Å². The Hall–Kier alpha value is -3.06. The number of H-pyrrole nitrogens is 1. The molecule has 148 valence electrons. The van der Waals surface area contributed by atoms with Crippen molar-refractivity contribution in [1.29, 1.82) is 0 Å². The summed E-state index contributed by atoms with van der Waals surface area (Å²) in [6.45, 7) is 5.96. The first-order valence-electron chi connectivity index (χ1n) is 9.54. The number of para-hydroxylation sites is 1. The van der Waals surface area contributed by atoms with Crippen LogP contribution in [0.2, 0.25) is 0 Å². The number of fused-ring (bicyclic) bond motifs is 1. The first kappa shape index (κ1) is 19.3. The van der Waals surface area contributed by atoms with Crippen LogP contribution in [0.4, 0.5) is 0 Å². The van der Waals surface area contributed by atoms with Crippen molar-refractivity contribution in [2.45, 2.75) is 32.0 Å². The maximum atomic E-state index is 12.1. The highest BCUT2D eigenvalue weighted by Crippen LogP contribution is 2.32. The second-order valence-electron chi connectivity index (χ2n) is 7.24. The second kappa shape index (κ2) is 8.13. The normalized spacial score (nSPS) is 11.3. The van der Waals surface area contributed by atoms with Gasteiger partial charge in [0, 0.05) is 34.4 Å². The largest absolute Gasteiger partial charge is 0.360 e. The van der Waals surface area contributed by atoms with Gasteiger partial charge >= 0.3 is 0 Å². The fraction of sp³-hybridized carbons (Fsp3) is 0.227. The molecule has 4 aromatic rings. The zero-order valence-corrected chi connectivity index (χ0v) is 17.5. The third kappa shape index (κ3) is 4.05. The van der Waals surface area contributed by atoms with Gasteiger partial charge in [-0.05, 0) is 44.5 Å². The van der Waals surface area contributed by atoms with Crippen molar-refractivity contribution in [1.82, 2.24) is 25.1 Å². The predicted molar refractivity (Wildman–Crippen MR) is 117 cm³/mol. The van der Waals surface area contributed by atoms with Crippen molar-refractivity contribution in [2.75, 3.05) is 5.75 Å². The van der Waals surface area contributed by atoms with Gasteiger partial charge in [-0.25, -0.2) is 0 Å². The van der Waals surface area contributed by atoms with Gasteiger partial charge in [0.25, 0.3) is 0 Å². The van der Waals surface area contributed by atoms with E-state index in [-0.39, 0.29) is 17.7 Å². The maximum Gasteiger partial charge on any atom is 0.230 e. The Morgan fingerprint density at radius 3 is 2.79 bits per heavy atom. The number of nitrogens with zero attached hydrogens (tertiary/aromatic N) is 3. The van der Waals surface area contributed by atoms with E-state index in [1.807, 2.05) is 54.9 Å². The molecule has 0 aliphatic carbocycles. The number of hydrogen-bond donors (Lipinski definition) is 2. The number of benzene rings is 2. The fourth-order valence-electron chi connectivity index (χ4n) is 3.29. The van der Waals surface area contributed by atoms with E-state index < -0.39 is 0 Å². The van der Waals surface area contributed by atoms with Crippen LogP contribution in [0, 0.1) is 6.92 Å². The highest BCUT2D eigenvalue weighted by atomic mass is 32.2. The zero-order valence-electron chi connectivity index (χ0n) is 16.6. The Morgan fingerprint density at radius 1 is 1.17 bits per heavy atom. The number of thioether (sulfide) groups is 1. The van der Waals surface area contributed by atoms with Gasteiger partial charge in [-0.1, -0.05) is 42.1 Å². The summed E-state index contributed by atoms with van der Waals surface area (Å²) in [7, 11) is 0. The second-order valence-corrected chi connectivity index (χ2v) is 8.18. The molecule has 0 atom stereocenters. The summed E-state index contributed by atoms with van der Waals surface area (Å²) in [6, 6.07) is 16.4. The molecule has 0 radical (unpaired) electrons. The molecule has 6 nitrogen and oxygen atoms in total. The standard InChI is InChI=1S/C22H23N5OS/c1-14(2)24-20(28)13-29-22-26-25-21(27(22)16-8-6-7-15(3)11-16)18-12-23-19-10-5-4-9-17(18)19/h4-12,14,23H,13H2,1-3H3,(H,24,28). The Kier molecular flexibility index (Phi) is 5.40. The molecule has 0 bridgehead atoms. The molecule has 29 heavy (non-hydrogen) atoms. The topological polar surface area (TPSA) is 75.6 Å². The number of aromatic nitrogens is 4. The van der Waals surface area contributed by atoms with E-state index in [2.05, 4.69) is 45.6 Å². The number of rotatable bonds is 6. The molecule has 2 aromatic carbocycles. The lowest BCUT2D eigenvalue weighted by Gasteiger charge is -2.11. The van der Waals surface area contributed by atoms with Crippen LogP contribution >= 0.6 is 11.8 Å². The molecule has 2 N–H and O–H groups in total. The van der Waals surface area contributed by atoms with Crippen LogP contribution in [0.25, 0.3) is 28.0 Å². The number of hydrogen-bond acceptors (Lipinski definition) is 4. The summed E-state index contributed by atoms with van der Waals surface area (Å²) in [5, 5.41) is 13.6. The molecule has 0 saturated heterocycles. The number of nitrogens with one attached hydrogen (secondary N) is 2. The molecule has 4 rings (SSSR count). The maximum absolute atomic E-state index is 12.1. The van der Waals surface area contributed by atoms with Gasteiger partial charge in [-0.2, -0.15) is 0 Å². The Labute approximate surface area is 173 Å².